The highest BCUT2D eigenvalue weighted by Crippen LogP contribution is 2.39. The summed E-state index contributed by atoms with van der Waals surface area (Å²) in [6.07, 6.45) is 1.61. The molecule has 4 nitrogen and oxygen atoms in total. The first-order chi connectivity index (χ1) is 11.2. The second-order valence-corrected chi connectivity index (χ2v) is 6.51. The van der Waals surface area contributed by atoms with Crippen LogP contribution in [0, 0.1) is 13.8 Å². The molecule has 3 aromatic rings. The van der Waals surface area contributed by atoms with E-state index in [4.69, 9.17) is 0 Å². The number of hydrogen-bond donors (Lipinski definition) is 1. The highest BCUT2D eigenvalue weighted by molar-refractivity contribution is 7.17. The zero-order valence-electron chi connectivity index (χ0n) is 13.7. The van der Waals surface area contributed by atoms with Crippen LogP contribution in [0.1, 0.15) is 18.1 Å². The minimum atomic E-state index is 0.113. The molecule has 0 unspecified atom stereocenters. The molecule has 0 aliphatic carbocycles. The summed E-state index contributed by atoms with van der Waals surface area (Å²) in [5, 5.41) is 12.6. The van der Waals surface area contributed by atoms with Crippen LogP contribution in [0.5, 0.6) is 0 Å². The quantitative estimate of drug-likeness (QED) is 0.774. The number of aryl methyl sites for hydroxylation is 2. The molecule has 0 saturated heterocycles. The van der Waals surface area contributed by atoms with Crippen molar-refractivity contribution in [2.24, 2.45) is 0 Å². The predicted octanol–water partition coefficient (Wildman–Crippen LogP) is 3.79. The van der Waals surface area contributed by atoms with Crippen LogP contribution in [0.3, 0.4) is 0 Å². The third kappa shape index (κ3) is 2.94. The zero-order chi connectivity index (χ0) is 16.4. The van der Waals surface area contributed by atoms with E-state index in [9.17, 15) is 5.11 Å². The van der Waals surface area contributed by atoms with Crippen LogP contribution in [0.4, 0.5) is 5.82 Å². The Kier molecular flexibility index (Phi) is 4.59. The Morgan fingerprint density at radius 3 is 2.70 bits per heavy atom. The Bertz CT molecular complexity index is 828. The number of nitrogens with zero attached hydrogens (tertiary/aromatic N) is 3. The fraction of sp³-hybridized carbons (Fsp3) is 0.333. The normalized spacial score (nSPS) is 11.1. The number of rotatable bonds is 5. The highest BCUT2D eigenvalue weighted by Gasteiger charge is 2.17. The number of fused-ring (bicyclic) bond motifs is 1. The van der Waals surface area contributed by atoms with Gasteiger partial charge in [0.1, 0.15) is 17.0 Å². The Hall–Kier alpha value is -1.98. The SMILES string of the molecule is CCN(CCO)c1ncnc2scc(-c3ccc(C)cc3C)c12. The van der Waals surface area contributed by atoms with E-state index in [0.717, 1.165) is 22.6 Å². The fourth-order valence-electron chi connectivity index (χ4n) is 2.95. The second-order valence-electron chi connectivity index (χ2n) is 5.65. The Balaban J connectivity index is 2.22. The van der Waals surface area contributed by atoms with Crippen LogP contribution in [-0.4, -0.2) is 34.8 Å². The van der Waals surface area contributed by atoms with Gasteiger partial charge in [-0.25, -0.2) is 9.97 Å². The van der Waals surface area contributed by atoms with Crippen LogP contribution in [-0.2, 0) is 0 Å². The second kappa shape index (κ2) is 6.64. The molecule has 0 atom stereocenters. The molecule has 5 heteroatoms. The van der Waals surface area contributed by atoms with Crippen molar-refractivity contribution in [2.75, 3.05) is 24.6 Å². The van der Waals surface area contributed by atoms with Gasteiger partial charge in [-0.05, 0) is 31.9 Å². The molecule has 0 aliphatic rings. The van der Waals surface area contributed by atoms with Gasteiger partial charge < -0.3 is 10.0 Å². The molecule has 0 amide bonds. The first kappa shape index (κ1) is 15.9. The number of likely N-dealkylation sites (N-methyl/N-ethyl adjacent to an activating group) is 1. The van der Waals surface area contributed by atoms with Gasteiger partial charge in [0.2, 0.25) is 0 Å². The summed E-state index contributed by atoms with van der Waals surface area (Å²) in [5.74, 6) is 0.905. The van der Waals surface area contributed by atoms with E-state index in [-0.39, 0.29) is 6.61 Å². The van der Waals surface area contributed by atoms with Crippen LogP contribution < -0.4 is 4.90 Å². The monoisotopic (exact) mass is 327 g/mol. The zero-order valence-corrected chi connectivity index (χ0v) is 14.5. The van der Waals surface area contributed by atoms with Crippen molar-refractivity contribution in [3.05, 3.63) is 41.0 Å². The summed E-state index contributed by atoms with van der Waals surface area (Å²) < 4.78 is 0. The van der Waals surface area contributed by atoms with Gasteiger partial charge in [0, 0.05) is 24.0 Å². The van der Waals surface area contributed by atoms with E-state index >= 15 is 0 Å². The average molecular weight is 327 g/mol. The highest BCUT2D eigenvalue weighted by atomic mass is 32.1. The van der Waals surface area contributed by atoms with E-state index in [1.54, 1.807) is 17.7 Å². The lowest BCUT2D eigenvalue weighted by Crippen LogP contribution is -2.27. The maximum Gasteiger partial charge on any atom is 0.141 e. The van der Waals surface area contributed by atoms with Crippen LogP contribution in [0.15, 0.2) is 29.9 Å². The number of thiophene rings is 1. The van der Waals surface area contributed by atoms with Gasteiger partial charge in [0.05, 0.1) is 12.0 Å². The molecule has 0 aliphatic heterocycles. The summed E-state index contributed by atoms with van der Waals surface area (Å²) >= 11 is 1.64. The van der Waals surface area contributed by atoms with Crippen molar-refractivity contribution in [2.45, 2.75) is 20.8 Å². The Labute approximate surface area is 140 Å². The first-order valence-electron chi connectivity index (χ1n) is 7.81. The molecule has 0 saturated carbocycles. The molecule has 0 bridgehead atoms. The molecule has 23 heavy (non-hydrogen) atoms. The minimum Gasteiger partial charge on any atom is -0.395 e. The molecular weight excluding hydrogens is 306 g/mol. The lowest BCUT2D eigenvalue weighted by Gasteiger charge is -2.22. The molecule has 2 aromatic heterocycles. The summed E-state index contributed by atoms with van der Waals surface area (Å²) in [6, 6.07) is 6.51. The Morgan fingerprint density at radius 1 is 1.17 bits per heavy atom. The molecule has 120 valence electrons. The van der Waals surface area contributed by atoms with Crippen molar-refractivity contribution in [1.29, 1.82) is 0 Å². The van der Waals surface area contributed by atoms with Crippen LogP contribution in [0.2, 0.25) is 0 Å². The van der Waals surface area contributed by atoms with Crippen molar-refractivity contribution < 1.29 is 5.11 Å². The number of aromatic nitrogens is 2. The van der Waals surface area contributed by atoms with Gasteiger partial charge in [-0.3, -0.25) is 0 Å². The van der Waals surface area contributed by atoms with Crippen molar-refractivity contribution in [3.8, 4) is 11.1 Å². The number of benzene rings is 1. The topological polar surface area (TPSA) is 49.2 Å². The summed E-state index contributed by atoms with van der Waals surface area (Å²) in [6.45, 7) is 7.81. The first-order valence-corrected chi connectivity index (χ1v) is 8.69. The molecule has 0 spiro atoms. The number of hydrogen-bond acceptors (Lipinski definition) is 5. The van der Waals surface area contributed by atoms with E-state index in [0.29, 0.717) is 6.54 Å². The maximum absolute atomic E-state index is 9.33. The van der Waals surface area contributed by atoms with Gasteiger partial charge in [-0.1, -0.05) is 23.8 Å². The standard InChI is InChI=1S/C18H21N3OS/c1-4-21(7-8-22)17-16-15(10-23-18(16)20-11-19-17)14-6-5-12(2)9-13(14)3/h5-6,9-11,22H,4,7-8H2,1-3H3. The molecule has 3 rings (SSSR count). The molecule has 1 aromatic carbocycles. The van der Waals surface area contributed by atoms with Crippen molar-refractivity contribution in [3.63, 3.8) is 0 Å². The molecule has 0 radical (unpaired) electrons. The van der Waals surface area contributed by atoms with Gasteiger partial charge in [-0.2, -0.15) is 0 Å². The van der Waals surface area contributed by atoms with Gasteiger partial charge in [0.25, 0.3) is 0 Å². The maximum atomic E-state index is 9.33. The fourth-order valence-corrected chi connectivity index (χ4v) is 3.85. The predicted molar refractivity (Wildman–Crippen MR) is 97.3 cm³/mol. The molecule has 1 N–H and O–H groups in total. The minimum absolute atomic E-state index is 0.113. The number of aliphatic hydroxyl groups excluding tert-OH is 1. The average Bonchev–Trinajstić information content (AvgIpc) is 2.97. The van der Waals surface area contributed by atoms with Gasteiger partial charge in [0.15, 0.2) is 0 Å². The summed E-state index contributed by atoms with van der Waals surface area (Å²) in [4.78, 5) is 12.0. The van der Waals surface area contributed by atoms with Gasteiger partial charge >= 0.3 is 0 Å². The third-order valence-corrected chi connectivity index (χ3v) is 4.96. The lowest BCUT2D eigenvalue weighted by molar-refractivity contribution is 0.302. The molecule has 2 heterocycles. The number of anilines is 1. The van der Waals surface area contributed by atoms with Crippen LogP contribution in [0.25, 0.3) is 21.3 Å². The van der Waals surface area contributed by atoms with Gasteiger partial charge in [-0.15, -0.1) is 11.3 Å². The van der Waals surface area contributed by atoms with E-state index < -0.39 is 0 Å². The number of aliphatic hydroxyl groups is 1. The summed E-state index contributed by atoms with van der Waals surface area (Å²) in [7, 11) is 0. The molecular formula is C18H21N3OS. The molecule has 0 fully saturated rings. The van der Waals surface area contributed by atoms with Crippen molar-refractivity contribution in [1.82, 2.24) is 9.97 Å². The largest absolute Gasteiger partial charge is 0.395 e. The summed E-state index contributed by atoms with van der Waals surface area (Å²) in [5.41, 5.74) is 4.91. The smallest absolute Gasteiger partial charge is 0.141 e. The van der Waals surface area contributed by atoms with E-state index in [2.05, 4.69) is 59.2 Å². The van der Waals surface area contributed by atoms with Crippen molar-refractivity contribution >= 4 is 27.4 Å². The Morgan fingerprint density at radius 2 is 2.00 bits per heavy atom. The lowest BCUT2D eigenvalue weighted by atomic mass is 9.99. The van der Waals surface area contributed by atoms with E-state index in [1.165, 1.54) is 22.3 Å². The van der Waals surface area contributed by atoms with E-state index in [1.807, 2.05) is 0 Å². The third-order valence-electron chi connectivity index (χ3n) is 4.07. The van der Waals surface area contributed by atoms with Crippen LogP contribution >= 0.6 is 11.3 Å².